The molecule has 2 aromatic carbocycles. The summed E-state index contributed by atoms with van der Waals surface area (Å²) in [5.74, 6) is -3.04. The molecule has 16 nitrogen and oxygen atoms in total. The summed E-state index contributed by atoms with van der Waals surface area (Å²) < 4.78 is 38.8. The first-order valence-corrected chi connectivity index (χ1v) is 13.7. The fraction of sp³-hybridized carbons (Fsp3) is 0.536. The molecule has 12 atom stereocenters. The van der Waals surface area contributed by atoms with Crippen molar-refractivity contribution in [3.63, 3.8) is 0 Å². The number of epoxide rings is 1. The van der Waals surface area contributed by atoms with E-state index in [1.54, 1.807) is 6.07 Å². The molecular formula is C28H32O16. The predicted molar refractivity (Wildman–Crippen MR) is 140 cm³/mol. The standard InChI is InChI=1S/C28H32O16/c1-9-18(31)21(34)23(36)26(40-9)39-8-16-19(32)22(35)24(37)27(42-16)41-11-6-13(30)17-15(7-11)43-28(25(44-28)20(17)33)10-3-4-14(38-2)12(29)5-10/h3-7,9,16,18-19,21-27,29-32,34-37H,8H2,1-2H3/t9-,16+,18-,19+,21+,22?,23+,24+,25?,26+,27+,28?/m0/s1. The van der Waals surface area contributed by atoms with E-state index in [0.29, 0.717) is 5.56 Å². The summed E-state index contributed by atoms with van der Waals surface area (Å²) in [6.07, 6.45) is -16.2. The normalized spacial score (nSPS) is 39.5. The largest absolute Gasteiger partial charge is 0.507 e. The highest BCUT2D eigenvalue weighted by Crippen LogP contribution is 2.56. The molecule has 16 heteroatoms. The minimum atomic E-state index is -1.79. The van der Waals surface area contributed by atoms with Gasteiger partial charge in [0.2, 0.25) is 12.1 Å². The van der Waals surface area contributed by atoms with Crippen molar-refractivity contribution >= 4 is 5.78 Å². The van der Waals surface area contributed by atoms with E-state index in [-0.39, 0.29) is 28.6 Å². The van der Waals surface area contributed by atoms with Crippen molar-refractivity contribution in [3.05, 3.63) is 41.5 Å². The van der Waals surface area contributed by atoms with Gasteiger partial charge in [-0.15, -0.1) is 0 Å². The van der Waals surface area contributed by atoms with Crippen LogP contribution in [0.15, 0.2) is 30.3 Å². The Bertz CT molecular complexity index is 1420. The lowest BCUT2D eigenvalue weighted by atomic mass is 9.95. The maximum atomic E-state index is 13.1. The molecule has 4 aliphatic rings. The second kappa shape index (κ2) is 11.3. The van der Waals surface area contributed by atoms with Gasteiger partial charge in [-0.3, -0.25) is 4.79 Å². The van der Waals surface area contributed by atoms with E-state index in [1.807, 2.05) is 0 Å². The van der Waals surface area contributed by atoms with Crippen LogP contribution in [0.4, 0.5) is 0 Å². The van der Waals surface area contributed by atoms with Crippen LogP contribution in [0.25, 0.3) is 0 Å². The topological polar surface area (TPSA) is 247 Å². The average molecular weight is 625 g/mol. The van der Waals surface area contributed by atoms with E-state index in [1.165, 1.54) is 32.2 Å². The molecule has 3 unspecified atom stereocenters. The SMILES string of the molecule is COc1ccc(C23Oc4cc(O[C@@H]5O[C@H](CO[C@@H]6O[C@@H](C)[C@H](O)[C@@H](O)[C@H]6O)[C@@H](O)C(O)[C@H]5O)cc(O)c4C(=O)C2O3)cc1O. The second-order valence-electron chi connectivity index (χ2n) is 11.0. The summed E-state index contributed by atoms with van der Waals surface area (Å²) in [4.78, 5) is 13.1. The smallest absolute Gasteiger partial charge is 0.272 e. The lowest BCUT2D eigenvalue weighted by Gasteiger charge is -2.42. The number of hydrogen-bond donors (Lipinski definition) is 8. The van der Waals surface area contributed by atoms with Gasteiger partial charge in [0, 0.05) is 17.7 Å². The van der Waals surface area contributed by atoms with Crippen LogP contribution in [0, 0.1) is 0 Å². The van der Waals surface area contributed by atoms with Crippen LogP contribution >= 0.6 is 0 Å². The minimum Gasteiger partial charge on any atom is -0.507 e. The Morgan fingerprint density at radius 2 is 1.55 bits per heavy atom. The van der Waals surface area contributed by atoms with Crippen molar-refractivity contribution in [1.82, 2.24) is 0 Å². The van der Waals surface area contributed by atoms with E-state index < -0.39 is 91.4 Å². The van der Waals surface area contributed by atoms with Gasteiger partial charge in [0.05, 0.1) is 19.8 Å². The number of aliphatic hydroxyl groups excluding tert-OH is 6. The zero-order chi connectivity index (χ0) is 31.7. The number of hydrogen-bond acceptors (Lipinski definition) is 16. The van der Waals surface area contributed by atoms with Gasteiger partial charge in [-0.2, -0.15) is 0 Å². The van der Waals surface area contributed by atoms with E-state index >= 15 is 0 Å². The summed E-state index contributed by atoms with van der Waals surface area (Å²) in [7, 11) is 1.37. The number of carbonyl (C=O) groups excluding carboxylic acids is 1. The van der Waals surface area contributed by atoms with Gasteiger partial charge in [0.15, 0.2) is 23.9 Å². The van der Waals surface area contributed by atoms with Crippen LogP contribution in [0.1, 0.15) is 22.8 Å². The van der Waals surface area contributed by atoms with E-state index in [9.17, 15) is 45.6 Å². The fourth-order valence-corrected chi connectivity index (χ4v) is 5.52. The molecule has 0 aliphatic carbocycles. The summed E-state index contributed by atoms with van der Waals surface area (Å²) in [6, 6.07) is 6.62. The van der Waals surface area contributed by atoms with Gasteiger partial charge in [-0.1, -0.05) is 0 Å². The van der Waals surface area contributed by atoms with Crippen molar-refractivity contribution < 1.29 is 78.8 Å². The highest BCUT2D eigenvalue weighted by Gasteiger charge is 2.68. The third-order valence-corrected chi connectivity index (χ3v) is 8.12. The van der Waals surface area contributed by atoms with E-state index in [0.717, 1.165) is 6.07 Å². The van der Waals surface area contributed by atoms with Crippen molar-refractivity contribution in [1.29, 1.82) is 0 Å². The minimum absolute atomic E-state index is 0.141. The van der Waals surface area contributed by atoms with E-state index in [4.69, 9.17) is 33.2 Å². The second-order valence-corrected chi connectivity index (χ2v) is 11.0. The molecule has 0 aromatic heterocycles. The number of rotatable bonds is 7. The molecule has 0 saturated carbocycles. The Morgan fingerprint density at radius 1 is 0.841 bits per heavy atom. The van der Waals surface area contributed by atoms with Gasteiger partial charge in [-0.25, -0.2) is 0 Å². The fourth-order valence-electron chi connectivity index (χ4n) is 5.52. The molecule has 2 aromatic rings. The number of aromatic hydroxyl groups is 2. The zero-order valence-electron chi connectivity index (χ0n) is 23.3. The number of phenols is 2. The van der Waals surface area contributed by atoms with Gasteiger partial charge in [0.1, 0.15) is 65.5 Å². The Balaban J connectivity index is 1.19. The molecule has 4 aliphatic heterocycles. The molecule has 3 saturated heterocycles. The highest BCUT2D eigenvalue weighted by molar-refractivity contribution is 6.07. The number of fused-ring (bicyclic) bond motifs is 2. The third-order valence-electron chi connectivity index (χ3n) is 8.12. The Hall–Kier alpha value is -3.29. The number of Topliss-reactive ketones (excluding diaryl/α,β-unsaturated/α-hetero) is 1. The Kier molecular flexibility index (Phi) is 7.86. The number of aliphatic hydroxyl groups is 6. The van der Waals surface area contributed by atoms with Crippen molar-refractivity contribution in [2.24, 2.45) is 0 Å². The van der Waals surface area contributed by atoms with Gasteiger partial charge >= 0.3 is 0 Å². The van der Waals surface area contributed by atoms with Crippen LogP contribution in [0.5, 0.6) is 28.7 Å². The molecule has 4 heterocycles. The lowest BCUT2D eigenvalue weighted by molar-refractivity contribution is -0.318. The quantitative estimate of drug-likeness (QED) is 0.155. The highest BCUT2D eigenvalue weighted by atomic mass is 16.8. The van der Waals surface area contributed by atoms with Gasteiger partial charge < -0.3 is 74.0 Å². The first-order valence-electron chi connectivity index (χ1n) is 13.7. The first kappa shape index (κ1) is 30.7. The summed E-state index contributed by atoms with van der Waals surface area (Å²) >= 11 is 0. The molecule has 0 amide bonds. The molecule has 6 rings (SSSR count). The molecular weight excluding hydrogens is 592 g/mol. The molecule has 0 bridgehead atoms. The van der Waals surface area contributed by atoms with Crippen molar-refractivity contribution in [2.75, 3.05) is 13.7 Å². The number of carbonyl (C=O) groups is 1. The van der Waals surface area contributed by atoms with Crippen molar-refractivity contribution in [2.45, 2.75) is 80.2 Å². The molecule has 0 radical (unpaired) electrons. The van der Waals surface area contributed by atoms with Gasteiger partial charge in [-0.05, 0) is 25.1 Å². The maximum Gasteiger partial charge on any atom is 0.272 e. The third kappa shape index (κ3) is 5.02. The van der Waals surface area contributed by atoms with Crippen LogP contribution < -0.4 is 14.2 Å². The van der Waals surface area contributed by atoms with E-state index in [2.05, 4.69) is 0 Å². The number of ether oxygens (including phenoxy) is 7. The number of phenolic OH excluding ortho intramolecular Hbond substituents is 2. The Labute approximate surface area is 249 Å². The predicted octanol–water partition coefficient (Wildman–Crippen LogP) is -2.04. The summed E-state index contributed by atoms with van der Waals surface area (Å²) in [6.45, 7) is 0.945. The maximum absolute atomic E-state index is 13.1. The zero-order valence-corrected chi connectivity index (χ0v) is 23.3. The monoisotopic (exact) mass is 624 g/mol. The molecule has 44 heavy (non-hydrogen) atoms. The number of benzene rings is 2. The van der Waals surface area contributed by atoms with Crippen LogP contribution in [0.2, 0.25) is 0 Å². The van der Waals surface area contributed by atoms with Crippen LogP contribution in [0.3, 0.4) is 0 Å². The average Bonchev–Trinajstić information content (AvgIpc) is 3.74. The molecule has 0 spiro atoms. The number of methoxy groups -OCH3 is 1. The van der Waals surface area contributed by atoms with Gasteiger partial charge in [0.25, 0.3) is 5.79 Å². The molecule has 240 valence electrons. The van der Waals surface area contributed by atoms with Crippen molar-refractivity contribution in [3.8, 4) is 28.7 Å². The number of ketones is 1. The molecule has 8 N–H and O–H groups in total. The van der Waals surface area contributed by atoms with Crippen LogP contribution in [-0.2, 0) is 24.7 Å². The summed E-state index contributed by atoms with van der Waals surface area (Å²) in [5.41, 5.74) is 0.118. The molecule has 3 fully saturated rings. The first-order chi connectivity index (χ1) is 20.9. The summed E-state index contributed by atoms with van der Waals surface area (Å²) in [5, 5.41) is 82.5. The lowest BCUT2D eigenvalue weighted by Crippen LogP contribution is -2.61. The Morgan fingerprint density at radius 3 is 2.25 bits per heavy atom. The van der Waals surface area contributed by atoms with Crippen LogP contribution in [-0.4, -0.2) is 128 Å².